The Hall–Kier alpha value is -2.66. The number of unbranched alkanes of at least 4 members (excludes halogenated alkanes) is 1. The van der Waals surface area contributed by atoms with Crippen LogP contribution >= 0.6 is 0 Å². The molecule has 1 aromatic carbocycles. The van der Waals surface area contributed by atoms with Crippen LogP contribution in [-0.2, 0) is 19.4 Å². The molecule has 0 fully saturated rings. The van der Waals surface area contributed by atoms with Gasteiger partial charge in [-0.15, -0.1) is 0 Å². The molecule has 2 aromatic heterocycles. The second-order valence-corrected chi connectivity index (χ2v) is 7.40. The molecule has 1 aliphatic heterocycles. The van der Waals surface area contributed by atoms with Gasteiger partial charge in [0.2, 0.25) is 11.4 Å². The second-order valence-electron chi connectivity index (χ2n) is 7.40. The summed E-state index contributed by atoms with van der Waals surface area (Å²) in [5, 5.41) is 0.906. The van der Waals surface area contributed by atoms with Gasteiger partial charge in [-0.25, -0.2) is 0 Å². The SMILES string of the molecule is CCc1cccc2c1CCN(CCCCOc1ccc3ccc(=O)[nH]c3n1)C2. The Bertz CT molecular complexity index is 1010. The molecule has 0 saturated carbocycles. The Labute approximate surface area is 165 Å². The number of rotatable bonds is 7. The molecular weight excluding hydrogens is 350 g/mol. The first-order chi connectivity index (χ1) is 13.7. The van der Waals surface area contributed by atoms with Gasteiger partial charge in [0, 0.05) is 30.6 Å². The van der Waals surface area contributed by atoms with Crippen LogP contribution < -0.4 is 10.3 Å². The van der Waals surface area contributed by atoms with Gasteiger partial charge >= 0.3 is 0 Å². The van der Waals surface area contributed by atoms with Crippen molar-refractivity contribution in [1.82, 2.24) is 14.9 Å². The topological polar surface area (TPSA) is 58.2 Å². The normalized spacial score (nSPS) is 14.2. The maximum atomic E-state index is 11.4. The van der Waals surface area contributed by atoms with Crippen LogP contribution in [-0.4, -0.2) is 34.6 Å². The van der Waals surface area contributed by atoms with Crippen molar-refractivity contribution in [2.45, 2.75) is 39.2 Å². The minimum Gasteiger partial charge on any atom is -0.478 e. The molecule has 0 amide bonds. The first-order valence-corrected chi connectivity index (χ1v) is 10.2. The molecule has 0 radical (unpaired) electrons. The van der Waals surface area contributed by atoms with Crippen molar-refractivity contribution in [3.63, 3.8) is 0 Å². The molecule has 5 heteroatoms. The van der Waals surface area contributed by atoms with E-state index in [4.69, 9.17) is 4.74 Å². The maximum absolute atomic E-state index is 11.4. The van der Waals surface area contributed by atoms with E-state index in [1.165, 1.54) is 17.2 Å². The van der Waals surface area contributed by atoms with Crippen molar-refractivity contribution in [3.05, 3.63) is 69.5 Å². The molecule has 0 aliphatic carbocycles. The molecule has 0 bridgehead atoms. The van der Waals surface area contributed by atoms with Crippen molar-refractivity contribution in [3.8, 4) is 5.88 Å². The van der Waals surface area contributed by atoms with Crippen molar-refractivity contribution < 1.29 is 4.74 Å². The predicted molar refractivity (Wildman–Crippen MR) is 112 cm³/mol. The first-order valence-electron chi connectivity index (χ1n) is 10.2. The highest BCUT2D eigenvalue weighted by Crippen LogP contribution is 2.23. The lowest BCUT2D eigenvalue weighted by Gasteiger charge is -2.30. The summed E-state index contributed by atoms with van der Waals surface area (Å²) in [5.74, 6) is 0.563. The summed E-state index contributed by atoms with van der Waals surface area (Å²) >= 11 is 0. The highest BCUT2D eigenvalue weighted by atomic mass is 16.5. The molecule has 4 rings (SSSR count). The molecule has 0 saturated heterocycles. The molecule has 5 nitrogen and oxygen atoms in total. The van der Waals surface area contributed by atoms with Crippen molar-refractivity contribution >= 4 is 11.0 Å². The van der Waals surface area contributed by atoms with Gasteiger partial charge in [0.1, 0.15) is 5.65 Å². The molecule has 0 atom stereocenters. The summed E-state index contributed by atoms with van der Waals surface area (Å²) in [5.41, 5.74) is 5.01. The second kappa shape index (κ2) is 8.57. The number of nitrogens with one attached hydrogen (secondary N) is 1. The van der Waals surface area contributed by atoms with Gasteiger partial charge in [-0.3, -0.25) is 9.69 Å². The highest BCUT2D eigenvalue weighted by molar-refractivity contribution is 5.74. The van der Waals surface area contributed by atoms with Crippen LogP contribution in [0.25, 0.3) is 11.0 Å². The average Bonchev–Trinajstić information content (AvgIpc) is 2.72. The van der Waals surface area contributed by atoms with E-state index in [1.54, 1.807) is 11.6 Å². The Morgan fingerprint density at radius 3 is 2.93 bits per heavy atom. The third-order valence-electron chi connectivity index (χ3n) is 5.50. The molecule has 0 spiro atoms. The van der Waals surface area contributed by atoms with E-state index >= 15 is 0 Å². The van der Waals surface area contributed by atoms with E-state index in [-0.39, 0.29) is 5.56 Å². The zero-order valence-electron chi connectivity index (χ0n) is 16.4. The third-order valence-corrected chi connectivity index (χ3v) is 5.50. The summed E-state index contributed by atoms with van der Waals surface area (Å²) in [7, 11) is 0. The highest BCUT2D eigenvalue weighted by Gasteiger charge is 2.17. The zero-order valence-corrected chi connectivity index (χ0v) is 16.4. The van der Waals surface area contributed by atoms with Gasteiger partial charge in [-0.1, -0.05) is 25.1 Å². The number of H-pyrrole nitrogens is 1. The Morgan fingerprint density at radius 2 is 2.04 bits per heavy atom. The molecule has 1 N–H and O–H groups in total. The lowest BCUT2D eigenvalue weighted by molar-refractivity contribution is 0.233. The quantitative estimate of drug-likeness (QED) is 0.638. The van der Waals surface area contributed by atoms with E-state index in [0.717, 1.165) is 50.7 Å². The minimum absolute atomic E-state index is 0.147. The zero-order chi connectivity index (χ0) is 19.3. The predicted octanol–water partition coefficient (Wildman–Crippen LogP) is 3.70. The smallest absolute Gasteiger partial charge is 0.249 e. The lowest BCUT2D eigenvalue weighted by atomic mass is 9.93. The standard InChI is InChI=1S/C23H27N3O2/c1-2-17-6-5-7-19-16-26(14-12-20(17)19)13-3-4-15-28-22-11-9-18-8-10-21(27)24-23(18)25-22/h5-11H,2-4,12-16H2,1H3,(H,24,25,27). The number of aromatic nitrogens is 2. The maximum Gasteiger partial charge on any atom is 0.249 e. The summed E-state index contributed by atoms with van der Waals surface area (Å²) < 4.78 is 5.78. The summed E-state index contributed by atoms with van der Waals surface area (Å²) in [4.78, 5) is 21.1. The molecule has 0 unspecified atom stereocenters. The van der Waals surface area contributed by atoms with Crippen molar-refractivity contribution in [1.29, 1.82) is 0 Å². The first kappa shape index (κ1) is 18.7. The summed E-state index contributed by atoms with van der Waals surface area (Å²) in [6.07, 6.45) is 4.38. The number of hydrogen-bond donors (Lipinski definition) is 1. The average molecular weight is 377 g/mol. The number of pyridine rings is 2. The fraction of sp³-hybridized carbons (Fsp3) is 0.391. The van der Waals surface area contributed by atoms with Crippen LogP contribution in [0.1, 0.15) is 36.5 Å². The van der Waals surface area contributed by atoms with Gasteiger partial charge in [0.05, 0.1) is 6.61 Å². The lowest BCUT2D eigenvalue weighted by Crippen LogP contribution is -2.32. The van der Waals surface area contributed by atoms with Crippen LogP contribution in [0, 0.1) is 0 Å². The van der Waals surface area contributed by atoms with Crippen LogP contribution in [0.15, 0.2) is 47.3 Å². The van der Waals surface area contributed by atoms with Gasteiger partial charge in [-0.05, 0) is 61.1 Å². The Balaban J connectivity index is 1.24. The monoisotopic (exact) mass is 377 g/mol. The van der Waals surface area contributed by atoms with Crippen molar-refractivity contribution in [2.75, 3.05) is 19.7 Å². The van der Waals surface area contributed by atoms with E-state index in [1.807, 2.05) is 12.1 Å². The number of aryl methyl sites for hydroxylation is 1. The van der Waals surface area contributed by atoms with Crippen LogP contribution in [0.5, 0.6) is 5.88 Å². The van der Waals surface area contributed by atoms with Gasteiger partial charge < -0.3 is 9.72 Å². The van der Waals surface area contributed by atoms with Crippen LogP contribution in [0.3, 0.4) is 0 Å². The van der Waals surface area contributed by atoms with Gasteiger partial charge in [-0.2, -0.15) is 4.98 Å². The van der Waals surface area contributed by atoms with E-state index < -0.39 is 0 Å². The number of aromatic amines is 1. The Morgan fingerprint density at radius 1 is 1.14 bits per heavy atom. The fourth-order valence-corrected chi connectivity index (χ4v) is 3.97. The molecular formula is C23H27N3O2. The molecule has 3 aromatic rings. The molecule has 146 valence electrons. The van der Waals surface area contributed by atoms with E-state index in [2.05, 4.69) is 40.0 Å². The molecule has 3 heterocycles. The summed E-state index contributed by atoms with van der Waals surface area (Å²) in [6, 6.07) is 13.8. The van der Waals surface area contributed by atoms with E-state index in [0.29, 0.717) is 18.1 Å². The minimum atomic E-state index is -0.147. The van der Waals surface area contributed by atoms with Gasteiger partial charge in [0.25, 0.3) is 0 Å². The van der Waals surface area contributed by atoms with E-state index in [9.17, 15) is 4.79 Å². The summed E-state index contributed by atoms with van der Waals surface area (Å²) in [6.45, 7) is 6.18. The number of hydrogen-bond acceptors (Lipinski definition) is 4. The van der Waals surface area contributed by atoms with Crippen LogP contribution in [0.2, 0.25) is 0 Å². The Kier molecular flexibility index (Phi) is 5.72. The van der Waals surface area contributed by atoms with Gasteiger partial charge in [0.15, 0.2) is 0 Å². The van der Waals surface area contributed by atoms with Crippen LogP contribution in [0.4, 0.5) is 0 Å². The molecule has 1 aliphatic rings. The van der Waals surface area contributed by atoms with Crippen molar-refractivity contribution in [2.24, 2.45) is 0 Å². The number of nitrogens with zero attached hydrogens (tertiary/aromatic N) is 2. The largest absolute Gasteiger partial charge is 0.478 e. The number of ether oxygens (including phenoxy) is 1. The number of fused-ring (bicyclic) bond motifs is 2. The molecule has 28 heavy (non-hydrogen) atoms. The number of benzene rings is 1. The third kappa shape index (κ3) is 4.25. The fourth-order valence-electron chi connectivity index (χ4n) is 3.97.